The quantitative estimate of drug-likeness (QED) is 0.545. The van der Waals surface area contributed by atoms with Crippen LogP contribution >= 0.6 is 0 Å². The van der Waals surface area contributed by atoms with Crippen molar-refractivity contribution in [3.05, 3.63) is 71.8 Å². The standard InChI is InChI=1S/C30H38O10/c1-17-22(25-26(29(32-4)35-17)40-30(2,3)39-25)37-28-21(31)24(33-15-18-11-7-5-8-12-18)23-20(36-28)16-34-27(38-23)19-13-9-6-10-14-19/h5-14,17,20-29,31H,15-16H2,1-4H3/t17-,20+,21-,22-,23+,24+,25+,26+,27+,28-,29+/m0/s1. The van der Waals surface area contributed by atoms with Gasteiger partial charge in [0.25, 0.3) is 0 Å². The van der Waals surface area contributed by atoms with Gasteiger partial charge in [-0.1, -0.05) is 60.7 Å². The van der Waals surface area contributed by atoms with Crippen LogP contribution in [0.15, 0.2) is 60.7 Å². The van der Waals surface area contributed by atoms with Crippen molar-refractivity contribution in [3.63, 3.8) is 0 Å². The molecule has 10 heteroatoms. The molecule has 11 atom stereocenters. The summed E-state index contributed by atoms with van der Waals surface area (Å²) in [6.07, 6.45) is -7.35. The van der Waals surface area contributed by atoms with Gasteiger partial charge in [-0.2, -0.15) is 0 Å². The molecule has 4 aliphatic heterocycles. The number of hydrogen-bond acceptors (Lipinski definition) is 10. The topological polar surface area (TPSA) is 103 Å². The van der Waals surface area contributed by atoms with Crippen LogP contribution in [0.5, 0.6) is 0 Å². The summed E-state index contributed by atoms with van der Waals surface area (Å²) in [4.78, 5) is 0. The number of aliphatic hydroxyl groups excluding tert-OH is 1. The van der Waals surface area contributed by atoms with Gasteiger partial charge in [0.2, 0.25) is 0 Å². The molecule has 2 aromatic carbocycles. The first-order chi connectivity index (χ1) is 19.3. The zero-order valence-electron chi connectivity index (χ0n) is 23.2. The van der Waals surface area contributed by atoms with E-state index in [1.807, 2.05) is 81.4 Å². The third-order valence-electron chi connectivity index (χ3n) is 7.75. The third kappa shape index (κ3) is 5.71. The zero-order valence-corrected chi connectivity index (χ0v) is 23.2. The number of benzene rings is 2. The molecule has 2 aromatic rings. The molecule has 0 aliphatic carbocycles. The highest BCUT2D eigenvalue weighted by molar-refractivity contribution is 5.17. The lowest BCUT2D eigenvalue weighted by Crippen LogP contribution is -2.65. The van der Waals surface area contributed by atoms with Gasteiger partial charge in [-0.25, -0.2) is 0 Å². The average Bonchev–Trinajstić information content (AvgIpc) is 3.30. The summed E-state index contributed by atoms with van der Waals surface area (Å²) in [5, 5.41) is 11.6. The van der Waals surface area contributed by atoms with Crippen LogP contribution in [0.4, 0.5) is 0 Å². The van der Waals surface area contributed by atoms with Crippen LogP contribution in [0.25, 0.3) is 0 Å². The summed E-state index contributed by atoms with van der Waals surface area (Å²) >= 11 is 0. The molecular formula is C30H38O10. The Kier molecular flexibility index (Phi) is 8.26. The Hall–Kier alpha value is -1.96. The van der Waals surface area contributed by atoms with E-state index in [1.165, 1.54) is 0 Å². The first-order valence-corrected chi connectivity index (χ1v) is 13.8. The predicted molar refractivity (Wildman–Crippen MR) is 140 cm³/mol. The molecule has 0 unspecified atom stereocenters. The smallest absolute Gasteiger partial charge is 0.187 e. The average molecular weight is 559 g/mol. The number of ether oxygens (including phenoxy) is 9. The second-order valence-corrected chi connectivity index (χ2v) is 11.1. The number of fused-ring (bicyclic) bond motifs is 2. The largest absolute Gasteiger partial charge is 0.385 e. The van der Waals surface area contributed by atoms with E-state index in [-0.39, 0.29) is 13.2 Å². The van der Waals surface area contributed by atoms with Crippen molar-refractivity contribution in [1.82, 2.24) is 0 Å². The van der Waals surface area contributed by atoms with Crippen molar-refractivity contribution >= 4 is 0 Å². The van der Waals surface area contributed by atoms with Gasteiger partial charge in [0.1, 0.15) is 42.7 Å². The zero-order chi connectivity index (χ0) is 27.9. The normalized spacial score (nSPS) is 40.8. The maximum absolute atomic E-state index is 11.6. The van der Waals surface area contributed by atoms with Gasteiger partial charge in [-0.15, -0.1) is 0 Å². The molecule has 4 heterocycles. The van der Waals surface area contributed by atoms with Crippen LogP contribution in [-0.4, -0.2) is 86.0 Å². The minimum Gasteiger partial charge on any atom is -0.385 e. The summed E-state index contributed by atoms with van der Waals surface area (Å²) < 4.78 is 55.4. The summed E-state index contributed by atoms with van der Waals surface area (Å²) in [5.74, 6) is -0.850. The summed E-state index contributed by atoms with van der Waals surface area (Å²) in [7, 11) is 1.57. The maximum Gasteiger partial charge on any atom is 0.187 e. The van der Waals surface area contributed by atoms with Gasteiger partial charge in [-0.05, 0) is 26.3 Å². The van der Waals surface area contributed by atoms with Crippen LogP contribution in [0.1, 0.15) is 38.2 Å². The number of methoxy groups -OCH3 is 1. The van der Waals surface area contributed by atoms with Crippen LogP contribution in [0, 0.1) is 0 Å². The molecule has 10 nitrogen and oxygen atoms in total. The molecule has 0 saturated carbocycles. The lowest BCUT2D eigenvalue weighted by Gasteiger charge is -2.49. The molecule has 0 amide bonds. The molecule has 4 aliphatic rings. The van der Waals surface area contributed by atoms with Crippen molar-refractivity contribution in [2.24, 2.45) is 0 Å². The van der Waals surface area contributed by atoms with Crippen LogP contribution < -0.4 is 0 Å². The van der Waals surface area contributed by atoms with E-state index < -0.39 is 73.5 Å². The molecule has 40 heavy (non-hydrogen) atoms. The van der Waals surface area contributed by atoms with Crippen molar-refractivity contribution in [2.75, 3.05) is 13.7 Å². The van der Waals surface area contributed by atoms with Crippen LogP contribution in [0.2, 0.25) is 0 Å². The SMILES string of the molecule is CO[C@@H]1O[C@@H](C)[C@H](O[C@@H]2O[C@@H]3CO[C@@H](c4ccccc4)O[C@H]3[C@H](OCc3ccccc3)[C@@H]2O)[C@H]2OC(C)(C)O[C@@H]12. The minimum atomic E-state index is -1.17. The van der Waals surface area contributed by atoms with E-state index >= 15 is 0 Å². The second kappa shape index (κ2) is 11.7. The van der Waals surface area contributed by atoms with Crippen molar-refractivity contribution in [2.45, 2.75) is 101 Å². The third-order valence-corrected chi connectivity index (χ3v) is 7.75. The van der Waals surface area contributed by atoms with Crippen molar-refractivity contribution in [1.29, 1.82) is 0 Å². The Morgan fingerprint density at radius 2 is 1.55 bits per heavy atom. The van der Waals surface area contributed by atoms with E-state index in [9.17, 15) is 5.11 Å². The van der Waals surface area contributed by atoms with Crippen molar-refractivity contribution in [3.8, 4) is 0 Å². The molecule has 0 aromatic heterocycles. The monoisotopic (exact) mass is 558 g/mol. The van der Waals surface area contributed by atoms with Crippen LogP contribution in [0.3, 0.4) is 0 Å². The summed E-state index contributed by atoms with van der Waals surface area (Å²) in [6, 6.07) is 19.5. The number of aliphatic hydroxyl groups is 1. The molecule has 4 saturated heterocycles. The van der Waals surface area contributed by atoms with E-state index in [4.69, 9.17) is 42.6 Å². The predicted octanol–water partition coefficient (Wildman–Crippen LogP) is 3.07. The highest BCUT2D eigenvalue weighted by atomic mass is 16.8. The lowest BCUT2D eigenvalue weighted by molar-refractivity contribution is -0.383. The van der Waals surface area contributed by atoms with E-state index in [2.05, 4.69) is 0 Å². The van der Waals surface area contributed by atoms with Crippen LogP contribution in [-0.2, 0) is 49.2 Å². The molecular weight excluding hydrogens is 520 g/mol. The Morgan fingerprint density at radius 1 is 0.850 bits per heavy atom. The lowest BCUT2D eigenvalue weighted by atomic mass is 9.96. The molecule has 1 N–H and O–H groups in total. The van der Waals surface area contributed by atoms with Gasteiger partial charge in [0, 0.05) is 12.7 Å². The highest BCUT2D eigenvalue weighted by Crippen LogP contribution is 2.41. The fraction of sp³-hybridized carbons (Fsp3) is 0.600. The molecule has 0 bridgehead atoms. The Labute approximate surface area is 234 Å². The molecule has 4 fully saturated rings. The van der Waals surface area contributed by atoms with E-state index in [0.29, 0.717) is 0 Å². The fourth-order valence-electron chi connectivity index (χ4n) is 5.86. The minimum absolute atomic E-state index is 0.239. The Balaban J connectivity index is 1.22. The molecule has 6 rings (SSSR count). The first kappa shape index (κ1) is 28.2. The highest BCUT2D eigenvalue weighted by Gasteiger charge is 2.58. The number of rotatable bonds is 7. The van der Waals surface area contributed by atoms with E-state index in [1.54, 1.807) is 7.11 Å². The van der Waals surface area contributed by atoms with E-state index in [0.717, 1.165) is 11.1 Å². The summed E-state index contributed by atoms with van der Waals surface area (Å²) in [6.45, 7) is 6.07. The van der Waals surface area contributed by atoms with Gasteiger partial charge < -0.3 is 47.7 Å². The second-order valence-electron chi connectivity index (χ2n) is 11.1. The van der Waals surface area contributed by atoms with Gasteiger partial charge >= 0.3 is 0 Å². The summed E-state index contributed by atoms with van der Waals surface area (Å²) in [5.41, 5.74) is 1.85. The van der Waals surface area contributed by atoms with Gasteiger partial charge in [0.15, 0.2) is 24.7 Å². The Morgan fingerprint density at radius 3 is 2.27 bits per heavy atom. The first-order valence-electron chi connectivity index (χ1n) is 13.8. The van der Waals surface area contributed by atoms with Gasteiger partial charge in [-0.3, -0.25) is 0 Å². The molecule has 0 spiro atoms. The Bertz CT molecular complexity index is 1100. The molecule has 218 valence electrons. The fourth-order valence-corrected chi connectivity index (χ4v) is 5.86. The maximum atomic E-state index is 11.6. The number of hydrogen-bond donors (Lipinski definition) is 1. The van der Waals surface area contributed by atoms with Gasteiger partial charge in [0.05, 0.1) is 19.3 Å². The van der Waals surface area contributed by atoms with Crippen molar-refractivity contribution < 1.29 is 47.7 Å². The molecule has 0 radical (unpaired) electrons.